The van der Waals surface area contributed by atoms with E-state index >= 15 is 0 Å². The van der Waals surface area contributed by atoms with E-state index in [9.17, 15) is 9.90 Å². The molecule has 20 heavy (non-hydrogen) atoms. The van der Waals surface area contributed by atoms with E-state index in [4.69, 9.17) is 0 Å². The molecule has 3 heteroatoms. The van der Waals surface area contributed by atoms with Crippen LogP contribution in [0.1, 0.15) is 61.3 Å². The van der Waals surface area contributed by atoms with Gasteiger partial charge in [-0.25, -0.2) is 0 Å². The summed E-state index contributed by atoms with van der Waals surface area (Å²) in [5.74, 6) is -0.243. The zero-order chi connectivity index (χ0) is 13.9. The Labute approximate surface area is 120 Å². The van der Waals surface area contributed by atoms with Gasteiger partial charge in [0.2, 0.25) is 0 Å². The van der Waals surface area contributed by atoms with Gasteiger partial charge < -0.3 is 10.4 Å². The molecule has 1 aromatic rings. The quantitative estimate of drug-likeness (QED) is 0.889. The number of benzene rings is 1. The Morgan fingerprint density at radius 1 is 1.10 bits per heavy atom. The Balaban J connectivity index is 1.69. The highest BCUT2D eigenvalue weighted by atomic mass is 16.3. The maximum atomic E-state index is 12.1. The van der Waals surface area contributed by atoms with Gasteiger partial charge in [-0.1, -0.05) is 31.0 Å². The highest BCUT2D eigenvalue weighted by molar-refractivity contribution is 5.82. The Bertz CT molecular complexity index is 492. The number of carbonyl (C=O) groups is 1. The maximum absolute atomic E-state index is 12.1. The third-order valence-corrected chi connectivity index (χ3v) is 4.64. The van der Waals surface area contributed by atoms with Crippen LogP contribution in [0, 0.1) is 0 Å². The van der Waals surface area contributed by atoms with Gasteiger partial charge in [0.1, 0.15) is 0 Å². The molecule has 108 valence electrons. The molecule has 2 aliphatic carbocycles. The third-order valence-electron chi connectivity index (χ3n) is 4.64. The summed E-state index contributed by atoms with van der Waals surface area (Å²) in [5.41, 5.74) is 3.42. The Morgan fingerprint density at radius 2 is 1.80 bits per heavy atom. The highest BCUT2D eigenvalue weighted by Crippen LogP contribution is 2.25. The fraction of sp³-hybridized carbons (Fsp3) is 0.588. The molecule has 2 N–H and O–H groups in total. The predicted octanol–water partition coefficient (Wildman–Crippen LogP) is 2.66. The molecule has 3 nitrogen and oxygen atoms in total. The molecule has 1 atom stereocenters. The summed E-state index contributed by atoms with van der Waals surface area (Å²) in [6.07, 6.45) is 8.08. The number of amides is 1. The smallest absolute Gasteiger partial charge is 0.253 e. The summed E-state index contributed by atoms with van der Waals surface area (Å²) in [7, 11) is 0. The largest absolute Gasteiger partial charge is 0.378 e. The normalized spacial score (nSPS) is 20.4. The summed E-state index contributed by atoms with van der Waals surface area (Å²) in [5, 5.41) is 13.2. The first-order chi connectivity index (χ1) is 9.74. The summed E-state index contributed by atoms with van der Waals surface area (Å²) >= 11 is 0. The summed E-state index contributed by atoms with van der Waals surface area (Å²) in [6, 6.07) is 6.27. The van der Waals surface area contributed by atoms with E-state index in [1.165, 1.54) is 36.8 Å². The number of rotatable bonds is 3. The lowest BCUT2D eigenvalue weighted by molar-refractivity contribution is -0.130. The number of nitrogens with one attached hydrogen (secondary N) is 1. The van der Waals surface area contributed by atoms with Gasteiger partial charge in [-0.2, -0.15) is 0 Å². The molecule has 0 bridgehead atoms. The van der Waals surface area contributed by atoms with E-state index in [1.54, 1.807) is 0 Å². The standard InChI is InChI=1S/C17H23NO2/c19-16(17(20)18-15-7-3-4-8-15)14-10-9-12-5-1-2-6-13(12)11-14/h9-11,15-16,19H,1-8H2,(H,18,20). The van der Waals surface area contributed by atoms with E-state index < -0.39 is 6.10 Å². The Hall–Kier alpha value is -1.35. The van der Waals surface area contributed by atoms with Gasteiger partial charge in [0.25, 0.3) is 5.91 Å². The highest BCUT2D eigenvalue weighted by Gasteiger charge is 2.23. The van der Waals surface area contributed by atoms with Crippen LogP contribution < -0.4 is 5.32 Å². The Morgan fingerprint density at radius 3 is 2.55 bits per heavy atom. The van der Waals surface area contributed by atoms with Crippen molar-refractivity contribution in [1.82, 2.24) is 5.32 Å². The van der Waals surface area contributed by atoms with Crippen LogP contribution in [0.15, 0.2) is 18.2 Å². The molecule has 1 amide bonds. The molecule has 0 radical (unpaired) electrons. The molecule has 1 fully saturated rings. The number of hydrogen-bond acceptors (Lipinski definition) is 2. The van der Waals surface area contributed by atoms with Crippen molar-refractivity contribution in [3.05, 3.63) is 34.9 Å². The summed E-state index contributed by atoms with van der Waals surface area (Å²) in [4.78, 5) is 12.1. The molecule has 0 heterocycles. The number of aryl methyl sites for hydroxylation is 2. The lowest BCUT2D eigenvalue weighted by atomic mass is 9.89. The van der Waals surface area contributed by atoms with Crippen LogP contribution in [0.5, 0.6) is 0 Å². The van der Waals surface area contributed by atoms with Crippen molar-refractivity contribution in [2.45, 2.75) is 63.5 Å². The van der Waals surface area contributed by atoms with Crippen LogP contribution >= 0.6 is 0 Å². The average molecular weight is 273 g/mol. The second-order valence-corrected chi connectivity index (χ2v) is 6.13. The van der Waals surface area contributed by atoms with Gasteiger partial charge in [0.05, 0.1) is 0 Å². The molecule has 0 aromatic heterocycles. The first-order valence-corrected chi connectivity index (χ1v) is 7.84. The van der Waals surface area contributed by atoms with E-state index in [1.807, 2.05) is 12.1 Å². The van der Waals surface area contributed by atoms with Crippen molar-refractivity contribution < 1.29 is 9.90 Å². The van der Waals surface area contributed by atoms with Crippen LogP contribution in [0.25, 0.3) is 0 Å². The molecule has 1 saturated carbocycles. The van der Waals surface area contributed by atoms with Crippen LogP contribution in [0.4, 0.5) is 0 Å². The fourth-order valence-electron chi connectivity index (χ4n) is 3.43. The summed E-state index contributed by atoms with van der Waals surface area (Å²) < 4.78 is 0. The first-order valence-electron chi connectivity index (χ1n) is 7.84. The topological polar surface area (TPSA) is 49.3 Å². The van der Waals surface area contributed by atoms with Gasteiger partial charge in [-0.05, 0) is 55.2 Å². The second kappa shape index (κ2) is 5.96. The molecule has 1 unspecified atom stereocenters. The lowest BCUT2D eigenvalue weighted by Crippen LogP contribution is -2.36. The monoisotopic (exact) mass is 273 g/mol. The van der Waals surface area contributed by atoms with Gasteiger partial charge in [0.15, 0.2) is 6.10 Å². The molecule has 3 rings (SSSR count). The van der Waals surface area contributed by atoms with Crippen LogP contribution in [-0.4, -0.2) is 17.1 Å². The number of fused-ring (bicyclic) bond motifs is 1. The minimum atomic E-state index is -1.03. The number of aliphatic hydroxyl groups is 1. The van der Waals surface area contributed by atoms with E-state index in [-0.39, 0.29) is 11.9 Å². The SMILES string of the molecule is O=C(NC1CCCC1)C(O)c1ccc2c(c1)CCCC2. The molecule has 0 aliphatic heterocycles. The molecular formula is C17H23NO2. The van der Waals surface area contributed by atoms with E-state index in [2.05, 4.69) is 11.4 Å². The molecular weight excluding hydrogens is 250 g/mol. The van der Waals surface area contributed by atoms with Gasteiger partial charge >= 0.3 is 0 Å². The molecule has 0 spiro atoms. The number of aliphatic hydroxyl groups excluding tert-OH is 1. The molecule has 1 aromatic carbocycles. The molecule has 0 saturated heterocycles. The van der Waals surface area contributed by atoms with Crippen molar-refractivity contribution in [2.24, 2.45) is 0 Å². The van der Waals surface area contributed by atoms with E-state index in [0.717, 1.165) is 31.2 Å². The minimum absolute atomic E-state index is 0.243. The zero-order valence-corrected chi connectivity index (χ0v) is 11.9. The van der Waals surface area contributed by atoms with Crippen molar-refractivity contribution in [3.8, 4) is 0 Å². The number of carbonyl (C=O) groups excluding carboxylic acids is 1. The van der Waals surface area contributed by atoms with Crippen molar-refractivity contribution in [2.75, 3.05) is 0 Å². The fourth-order valence-corrected chi connectivity index (χ4v) is 3.43. The van der Waals surface area contributed by atoms with Crippen molar-refractivity contribution in [3.63, 3.8) is 0 Å². The van der Waals surface area contributed by atoms with Gasteiger partial charge in [0, 0.05) is 6.04 Å². The van der Waals surface area contributed by atoms with Gasteiger partial charge in [-0.3, -0.25) is 4.79 Å². The van der Waals surface area contributed by atoms with Crippen molar-refractivity contribution >= 4 is 5.91 Å². The van der Waals surface area contributed by atoms with Crippen molar-refractivity contribution in [1.29, 1.82) is 0 Å². The predicted molar refractivity (Wildman–Crippen MR) is 78.4 cm³/mol. The van der Waals surface area contributed by atoms with Crippen LogP contribution in [-0.2, 0) is 17.6 Å². The van der Waals surface area contributed by atoms with Gasteiger partial charge in [-0.15, -0.1) is 0 Å². The summed E-state index contributed by atoms with van der Waals surface area (Å²) in [6.45, 7) is 0. The Kier molecular flexibility index (Phi) is 4.06. The molecule has 2 aliphatic rings. The average Bonchev–Trinajstić information content (AvgIpc) is 2.99. The first kappa shape index (κ1) is 13.6. The second-order valence-electron chi connectivity index (χ2n) is 6.13. The third kappa shape index (κ3) is 2.88. The lowest BCUT2D eigenvalue weighted by Gasteiger charge is -2.20. The number of hydrogen-bond donors (Lipinski definition) is 2. The van der Waals surface area contributed by atoms with E-state index in [0.29, 0.717) is 0 Å². The maximum Gasteiger partial charge on any atom is 0.253 e. The zero-order valence-electron chi connectivity index (χ0n) is 11.9. The minimum Gasteiger partial charge on any atom is -0.378 e. The van der Waals surface area contributed by atoms with Crippen LogP contribution in [0.2, 0.25) is 0 Å². The van der Waals surface area contributed by atoms with Crippen LogP contribution in [0.3, 0.4) is 0 Å².